The number of hydrogen-bond acceptors (Lipinski definition) is 3. The zero-order valence-electron chi connectivity index (χ0n) is 8.15. The van der Waals surface area contributed by atoms with Gasteiger partial charge < -0.3 is 5.11 Å². The maximum Gasteiger partial charge on any atom is 0.119 e. The van der Waals surface area contributed by atoms with Crippen LogP contribution >= 0.6 is 0 Å². The number of aryl methyl sites for hydroxylation is 1. The standard InChI is InChI=1S/C10H14O.H2O2/c1-7(2)9-5-4-8(3)6-10(9)11;1-2/h4-7,11H,1-3H3;1-2H. The summed E-state index contributed by atoms with van der Waals surface area (Å²) in [6.07, 6.45) is 0. The predicted octanol–water partition coefficient (Wildman–Crippen LogP) is 2.84. The van der Waals surface area contributed by atoms with Crippen molar-refractivity contribution in [2.45, 2.75) is 26.7 Å². The van der Waals surface area contributed by atoms with E-state index in [1.54, 1.807) is 6.07 Å². The third-order valence-electron chi connectivity index (χ3n) is 1.81. The van der Waals surface area contributed by atoms with Crippen LogP contribution in [0.4, 0.5) is 0 Å². The molecule has 0 saturated heterocycles. The van der Waals surface area contributed by atoms with Gasteiger partial charge in [0.05, 0.1) is 0 Å². The maximum atomic E-state index is 9.46. The van der Waals surface area contributed by atoms with Crippen LogP contribution < -0.4 is 0 Å². The molecular weight excluding hydrogens is 168 g/mol. The number of rotatable bonds is 1. The van der Waals surface area contributed by atoms with E-state index in [1.165, 1.54) is 0 Å². The van der Waals surface area contributed by atoms with E-state index >= 15 is 0 Å². The van der Waals surface area contributed by atoms with E-state index in [0.29, 0.717) is 11.7 Å². The van der Waals surface area contributed by atoms with Crippen molar-refractivity contribution in [3.63, 3.8) is 0 Å². The Hall–Kier alpha value is -1.06. The summed E-state index contributed by atoms with van der Waals surface area (Å²) in [6.45, 7) is 6.12. The van der Waals surface area contributed by atoms with E-state index in [1.807, 2.05) is 19.1 Å². The summed E-state index contributed by atoms with van der Waals surface area (Å²) in [5.41, 5.74) is 2.13. The highest BCUT2D eigenvalue weighted by Crippen LogP contribution is 2.25. The second kappa shape index (κ2) is 5.56. The average molecular weight is 184 g/mol. The fraction of sp³-hybridized carbons (Fsp3) is 0.400. The molecule has 0 unspecified atom stereocenters. The molecule has 1 aromatic carbocycles. The molecule has 0 amide bonds. The van der Waals surface area contributed by atoms with Gasteiger partial charge in [-0.1, -0.05) is 26.0 Å². The van der Waals surface area contributed by atoms with Gasteiger partial charge >= 0.3 is 0 Å². The zero-order valence-corrected chi connectivity index (χ0v) is 8.15. The van der Waals surface area contributed by atoms with Crippen molar-refractivity contribution in [1.82, 2.24) is 0 Å². The smallest absolute Gasteiger partial charge is 0.119 e. The van der Waals surface area contributed by atoms with Crippen molar-refractivity contribution in [3.8, 4) is 5.75 Å². The summed E-state index contributed by atoms with van der Waals surface area (Å²) < 4.78 is 0. The Morgan fingerprint density at radius 2 is 1.69 bits per heavy atom. The lowest BCUT2D eigenvalue weighted by Crippen LogP contribution is -1.87. The summed E-state index contributed by atoms with van der Waals surface area (Å²) in [6, 6.07) is 5.81. The van der Waals surface area contributed by atoms with Gasteiger partial charge in [0.15, 0.2) is 0 Å². The molecule has 3 heteroatoms. The Kier molecular flexibility index (Phi) is 5.11. The van der Waals surface area contributed by atoms with Crippen molar-refractivity contribution in [1.29, 1.82) is 0 Å². The third-order valence-corrected chi connectivity index (χ3v) is 1.81. The van der Waals surface area contributed by atoms with Crippen LogP contribution in [0, 0.1) is 6.92 Å². The summed E-state index contributed by atoms with van der Waals surface area (Å²) in [5, 5.41) is 21.5. The molecule has 0 radical (unpaired) electrons. The van der Waals surface area contributed by atoms with Crippen LogP contribution in [-0.4, -0.2) is 15.6 Å². The molecule has 0 saturated carbocycles. The van der Waals surface area contributed by atoms with Crippen LogP contribution in [0.25, 0.3) is 0 Å². The summed E-state index contributed by atoms with van der Waals surface area (Å²) in [7, 11) is 0. The Morgan fingerprint density at radius 1 is 1.15 bits per heavy atom. The van der Waals surface area contributed by atoms with Gasteiger partial charge in [0, 0.05) is 0 Å². The molecule has 0 fully saturated rings. The van der Waals surface area contributed by atoms with Crippen LogP contribution in [0.1, 0.15) is 30.9 Å². The Bertz CT molecular complexity index is 256. The van der Waals surface area contributed by atoms with Gasteiger partial charge in [-0.15, -0.1) is 0 Å². The van der Waals surface area contributed by atoms with Gasteiger partial charge in [0.2, 0.25) is 0 Å². The van der Waals surface area contributed by atoms with Crippen LogP contribution in [0.2, 0.25) is 0 Å². The molecule has 74 valence electrons. The van der Waals surface area contributed by atoms with E-state index < -0.39 is 0 Å². The molecule has 0 bridgehead atoms. The minimum Gasteiger partial charge on any atom is -0.508 e. The summed E-state index contributed by atoms with van der Waals surface area (Å²) in [4.78, 5) is 0. The van der Waals surface area contributed by atoms with Crippen LogP contribution in [-0.2, 0) is 0 Å². The van der Waals surface area contributed by atoms with Crippen LogP contribution in [0.3, 0.4) is 0 Å². The fourth-order valence-corrected chi connectivity index (χ4v) is 1.14. The topological polar surface area (TPSA) is 60.7 Å². The quantitative estimate of drug-likeness (QED) is 0.464. The molecule has 0 spiro atoms. The fourth-order valence-electron chi connectivity index (χ4n) is 1.14. The summed E-state index contributed by atoms with van der Waals surface area (Å²) >= 11 is 0. The molecule has 0 aliphatic heterocycles. The molecule has 0 aromatic heterocycles. The highest BCUT2D eigenvalue weighted by atomic mass is 17.0. The lowest BCUT2D eigenvalue weighted by molar-refractivity contribution is -0.176. The van der Waals surface area contributed by atoms with E-state index in [4.69, 9.17) is 10.5 Å². The van der Waals surface area contributed by atoms with Crippen molar-refractivity contribution in [2.24, 2.45) is 0 Å². The highest BCUT2D eigenvalue weighted by Gasteiger charge is 2.03. The third kappa shape index (κ3) is 3.44. The minimum absolute atomic E-state index is 0.399. The first kappa shape index (κ1) is 11.9. The largest absolute Gasteiger partial charge is 0.508 e. The lowest BCUT2D eigenvalue weighted by Gasteiger charge is -2.07. The molecule has 3 N–H and O–H groups in total. The number of aromatic hydroxyl groups is 1. The molecule has 0 atom stereocenters. The number of hydrogen-bond donors (Lipinski definition) is 3. The first-order chi connectivity index (χ1) is 6.11. The molecule has 1 aromatic rings. The van der Waals surface area contributed by atoms with Gasteiger partial charge in [-0.2, -0.15) is 0 Å². The Morgan fingerprint density at radius 3 is 2.08 bits per heavy atom. The van der Waals surface area contributed by atoms with E-state index in [0.717, 1.165) is 11.1 Å². The van der Waals surface area contributed by atoms with Gasteiger partial charge in [-0.25, -0.2) is 0 Å². The normalized spacial score (nSPS) is 9.38. The minimum atomic E-state index is 0.399. The zero-order chi connectivity index (χ0) is 10.4. The lowest BCUT2D eigenvalue weighted by atomic mass is 10.0. The molecule has 0 heterocycles. The summed E-state index contributed by atoms with van der Waals surface area (Å²) in [5.74, 6) is 0.815. The van der Waals surface area contributed by atoms with Gasteiger partial charge in [-0.3, -0.25) is 10.5 Å². The monoisotopic (exact) mass is 184 g/mol. The molecular formula is C10H16O3. The SMILES string of the molecule is Cc1ccc(C(C)C)c(O)c1.OO. The second-order valence-electron chi connectivity index (χ2n) is 3.22. The van der Waals surface area contributed by atoms with Crippen molar-refractivity contribution < 1.29 is 15.6 Å². The van der Waals surface area contributed by atoms with Crippen molar-refractivity contribution in [3.05, 3.63) is 29.3 Å². The first-order valence-corrected chi connectivity index (χ1v) is 4.11. The Labute approximate surface area is 78.2 Å². The molecule has 13 heavy (non-hydrogen) atoms. The predicted molar refractivity (Wildman–Crippen MR) is 52.2 cm³/mol. The van der Waals surface area contributed by atoms with Gasteiger partial charge in [0.25, 0.3) is 0 Å². The molecule has 0 aliphatic carbocycles. The van der Waals surface area contributed by atoms with Crippen LogP contribution in [0.15, 0.2) is 18.2 Å². The molecule has 0 aliphatic rings. The van der Waals surface area contributed by atoms with E-state index in [2.05, 4.69) is 13.8 Å². The van der Waals surface area contributed by atoms with Gasteiger partial charge in [0.1, 0.15) is 5.75 Å². The number of phenolic OH excluding ortho intramolecular Hbond substituents is 1. The van der Waals surface area contributed by atoms with E-state index in [-0.39, 0.29) is 0 Å². The van der Waals surface area contributed by atoms with Crippen LogP contribution in [0.5, 0.6) is 5.75 Å². The number of benzene rings is 1. The number of phenols is 1. The van der Waals surface area contributed by atoms with E-state index in [9.17, 15) is 5.11 Å². The first-order valence-electron chi connectivity index (χ1n) is 4.11. The molecule has 3 nitrogen and oxygen atoms in total. The van der Waals surface area contributed by atoms with Gasteiger partial charge in [-0.05, 0) is 30.0 Å². The Balaban J connectivity index is 0.000000671. The molecule has 1 rings (SSSR count). The van der Waals surface area contributed by atoms with Crippen molar-refractivity contribution in [2.75, 3.05) is 0 Å². The average Bonchev–Trinajstić information content (AvgIpc) is 2.07. The van der Waals surface area contributed by atoms with Crippen molar-refractivity contribution >= 4 is 0 Å². The highest BCUT2D eigenvalue weighted by molar-refractivity contribution is 5.37. The maximum absolute atomic E-state index is 9.46. The second-order valence-corrected chi connectivity index (χ2v) is 3.22.